The molecule has 0 saturated carbocycles. The average Bonchev–Trinajstić information content (AvgIpc) is 3.22. The molecule has 3 aromatic rings. The van der Waals surface area contributed by atoms with Crippen LogP contribution in [0.4, 0.5) is 0 Å². The number of benzene rings is 2. The van der Waals surface area contributed by atoms with Crippen LogP contribution in [0, 0.1) is 0 Å². The van der Waals surface area contributed by atoms with Crippen LogP contribution < -0.4 is 29.1 Å². The Morgan fingerprint density at radius 2 is 1.76 bits per heavy atom. The second-order valence-corrected chi connectivity index (χ2v) is 10.00. The molecule has 0 saturated heterocycles. The van der Waals surface area contributed by atoms with Gasteiger partial charge < -0.3 is 19.1 Å². The Morgan fingerprint density at radius 3 is 2.39 bits per heavy atom. The van der Waals surface area contributed by atoms with Crippen molar-refractivity contribution in [2.45, 2.75) is 26.8 Å². The van der Waals surface area contributed by atoms with Gasteiger partial charge in [0.2, 0.25) is 0 Å². The topological polar surface area (TPSA) is 82.4 Å². The number of likely N-dealkylation sites (N-methyl/N-ethyl adjacent to an activating group) is 1. The smallest absolute Gasteiger partial charge is 0.271 e. The van der Waals surface area contributed by atoms with E-state index in [4.69, 9.17) is 30.8 Å². The number of hydrogen-bond acceptors (Lipinski definition) is 7. The normalized spacial score (nSPS) is 15.1. The Kier molecular flexibility index (Phi) is 8.28. The van der Waals surface area contributed by atoms with E-state index in [1.165, 1.54) is 11.3 Å². The first kappa shape index (κ1) is 27.5. The van der Waals surface area contributed by atoms with Gasteiger partial charge in [0.05, 0.1) is 37.1 Å². The van der Waals surface area contributed by atoms with Gasteiger partial charge >= 0.3 is 0 Å². The minimum atomic E-state index is -0.771. The molecule has 10 heteroatoms. The van der Waals surface area contributed by atoms with Crippen molar-refractivity contribution in [1.29, 1.82) is 0 Å². The van der Waals surface area contributed by atoms with E-state index in [2.05, 4.69) is 0 Å². The number of thiazole rings is 1. The van der Waals surface area contributed by atoms with Gasteiger partial charge in [-0.15, -0.1) is 0 Å². The summed E-state index contributed by atoms with van der Waals surface area (Å²) in [7, 11) is 4.69. The van der Waals surface area contributed by atoms with Crippen LogP contribution in [0.3, 0.4) is 0 Å². The van der Waals surface area contributed by atoms with Crippen LogP contribution in [0.25, 0.3) is 6.08 Å². The third-order valence-corrected chi connectivity index (χ3v) is 7.73. The maximum atomic E-state index is 14.0. The molecule has 0 fully saturated rings. The summed E-state index contributed by atoms with van der Waals surface area (Å²) in [6, 6.07) is 9.79. The second-order valence-electron chi connectivity index (χ2n) is 8.55. The predicted molar refractivity (Wildman–Crippen MR) is 149 cm³/mol. The highest BCUT2D eigenvalue weighted by Crippen LogP contribution is 2.38. The SMILES string of the molecule is CCN(CC)C(=O)C1=C(C)N=c2s/c(=C/c3cc(Cl)ccc3OC)c(=O)n2[C@@H]1c1cc(OC)ccc1OC. The van der Waals surface area contributed by atoms with E-state index in [0.29, 0.717) is 67.1 Å². The van der Waals surface area contributed by atoms with Gasteiger partial charge in [0.25, 0.3) is 11.5 Å². The van der Waals surface area contributed by atoms with Gasteiger partial charge in [-0.05, 0) is 63.2 Å². The summed E-state index contributed by atoms with van der Waals surface area (Å²) in [4.78, 5) is 34.8. The van der Waals surface area contributed by atoms with Crippen LogP contribution >= 0.6 is 22.9 Å². The van der Waals surface area contributed by atoms with Gasteiger partial charge in [0.1, 0.15) is 23.3 Å². The molecule has 1 atom stereocenters. The molecular weight excluding hydrogens is 526 g/mol. The Morgan fingerprint density at radius 1 is 1.08 bits per heavy atom. The molecule has 1 aromatic heterocycles. The van der Waals surface area contributed by atoms with E-state index in [-0.39, 0.29) is 11.5 Å². The predicted octanol–water partition coefficient (Wildman–Crippen LogP) is 3.78. The molecule has 0 aliphatic carbocycles. The highest BCUT2D eigenvalue weighted by molar-refractivity contribution is 7.07. The quantitative estimate of drug-likeness (QED) is 0.422. The number of ether oxygens (including phenoxy) is 3. The molecule has 1 aliphatic rings. The van der Waals surface area contributed by atoms with Crippen LogP contribution in [0.1, 0.15) is 37.9 Å². The maximum absolute atomic E-state index is 14.0. The van der Waals surface area contributed by atoms with Crippen molar-refractivity contribution in [2.24, 2.45) is 4.99 Å². The molecule has 2 aromatic carbocycles. The van der Waals surface area contributed by atoms with Crippen LogP contribution in [-0.2, 0) is 4.79 Å². The molecule has 2 heterocycles. The number of carbonyl (C=O) groups excluding carboxylic acids is 1. The molecule has 1 aliphatic heterocycles. The molecule has 0 radical (unpaired) electrons. The lowest BCUT2D eigenvalue weighted by molar-refractivity contribution is -0.127. The van der Waals surface area contributed by atoms with E-state index in [1.54, 1.807) is 80.2 Å². The van der Waals surface area contributed by atoms with Gasteiger partial charge in [-0.3, -0.25) is 14.2 Å². The zero-order valence-corrected chi connectivity index (χ0v) is 23.8. The summed E-state index contributed by atoms with van der Waals surface area (Å²) in [5.41, 5.74) is 1.97. The highest BCUT2D eigenvalue weighted by atomic mass is 35.5. The van der Waals surface area contributed by atoms with E-state index in [9.17, 15) is 9.59 Å². The summed E-state index contributed by atoms with van der Waals surface area (Å²) < 4.78 is 18.6. The fourth-order valence-corrected chi connectivity index (χ4v) is 5.80. The molecule has 4 rings (SSSR count). The number of carbonyl (C=O) groups is 1. The number of rotatable bonds is 8. The summed E-state index contributed by atoms with van der Waals surface area (Å²) in [5, 5.41) is 0.520. The molecule has 0 bridgehead atoms. The lowest BCUT2D eigenvalue weighted by Crippen LogP contribution is -2.43. The third-order valence-electron chi connectivity index (χ3n) is 6.51. The zero-order chi connectivity index (χ0) is 27.6. The third kappa shape index (κ3) is 4.96. The minimum absolute atomic E-state index is 0.183. The molecule has 0 N–H and O–H groups in total. The molecule has 200 valence electrons. The number of nitrogens with zero attached hydrogens (tertiary/aromatic N) is 3. The minimum Gasteiger partial charge on any atom is -0.497 e. The summed E-state index contributed by atoms with van der Waals surface area (Å²) in [5.74, 6) is 1.51. The largest absolute Gasteiger partial charge is 0.497 e. The first-order valence-corrected chi connectivity index (χ1v) is 13.3. The summed E-state index contributed by atoms with van der Waals surface area (Å²) in [6.45, 7) is 6.69. The molecule has 0 unspecified atom stereocenters. The van der Waals surface area contributed by atoms with Crippen LogP contribution in [0.15, 0.2) is 57.5 Å². The Hall–Kier alpha value is -3.56. The molecule has 1 amide bonds. The fraction of sp³-hybridized carbons (Fsp3) is 0.321. The first-order chi connectivity index (χ1) is 18.3. The number of amides is 1. The van der Waals surface area contributed by atoms with Crippen molar-refractivity contribution in [3.05, 3.63) is 83.5 Å². The fourth-order valence-electron chi connectivity index (χ4n) is 4.58. The molecule has 8 nitrogen and oxygen atoms in total. The van der Waals surface area contributed by atoms with Crippen molar-refractivity contribution in [1.82, 2.24) is 9.47 Å². The number of halogens is 1. The number of methoxy groups -OCH3 is 3. The summed E-state index contributed by atoms with van der Waals surface area (Å²) >= 11 is 7.47. The lowest BCUT2D eigenvalue weighted by Gasteiger charge is -2.30. The van der Waals surface area contributed by atoms with Gasteiger partial charge in [-0.2, -0.15) is 0 Å². The van der Waals surface area contributed by atoms with Crippen molar-refractivity contribution < 1.29 is 19.0 Å². The van der Waals surface area contributed by atoms with E-state index in [1.807, 2.05) is 13.8 Å². The van der Waals surface area contributed by atoms with Gasteiger partial charge in [0, 0.05) is 29.2 Å². The Labute approximate surface area is 230 Å². The second kappa shape index (κ2) is 11.4. The number of allylic oxidation sites excluding steroid dienone is 1. The van der Waals surface area contributed by atoms with Gasteiger partial charge in [-0.1, -0.05) is 22.9 Å². The van der Waals surface area contributed by atoms with E-state index in [0.717, 1.165) is 0 Å². The monoisotopic (exact) mass is 555 g/mol. The van der Waals surface area contributed by atoms with E-state index >= 15 is 0 Å². The number of aromatic nitrogens is 1. The molecular formula is C28H30ClN3O5S. The first-order valence-electron chi connectivity index (χ1n) is 12.1. The van der Waals surface area contributed by atoms with E-state index < -0.39 is 6.04 Å². The van der Waals surface area contributed by atoms with Crippen molar-refractivity contribution in [3.8, 4) is 17.2 Å². The Bertz CT molecular complexity index is 1590. The van der Waals surface area contributed by atoms with Crippen molar-refractivity contribution in [3.63, 3.8) is 0 Å². The van der Waals surface area contributed by atoms with Crippen LogP contribution in [-0.4, -0.2) is 49.8 Å². The average molecular weight is 556 g/mol. The van der Waals surface area contributed by atoms with Crippen LogP contribution in [0.5, 0.6) is 17.2 Å². The molecule has 38 heavy (non-hydrogen) atoms. The Balaban J connectivity index is 2.05. The van der Waals surface area contributed by atoms with Crippen molar-refractivity contribution >= 4 is 34.9 Å². The number of fused-ring (bicyclic) bond motifs is 1. The standard InChI is InChI=1S/C28H30ClN3O5S/c1-7-31(8-2)27(34)24-16(3)30-28-32(25(24)20-15-19(35-4)10-12-22(20)37-6)26(33)23(38-28)14-17-13-18(29)9-11-21(17)36-5/h9-15,25H,7-8H2,1-6H3/b23-14+/t25-/m1/s1. The number of hydrogen-bond donors (Lipinski definition) is 0. The van der Waals surface area contributed by atoms with Gasteiger partial charge in [-0.25, -0.2) is 4.99 Å². The maximum Gasteiger partial charge on any atom is 0.271 e. The lowest BCUT2D eigenvalue weighted by atomic mass is 9.93. The van der Waals surface area contributed by atoms with Gasteiger partial charge in [0.15, 0.2) is 4.80 Å². The highest BCUT2D eigenvalue weighted by Gasteiger charge is 2.36. The zero-order valence-electron chi connectivity index (χ0n) is 22.2. The van der Waals surface area contributed by atoms with Crippen molar-refractivity contribution in [2.75, 3.05) is 34.4 Å². The summed E-state index contributed by atoms with van der Waals surface area (Å²) in [6.07, 6.45) is 1.74. The molecule has 0 spiro atoms. The van der Waals surface area contributed by atoms with Crippen LogP contribution in [0.2, 0.25) is 5.02 Å².